The summed E-state index contributed by atoms with van der Waals surface area (Å²) in [7, 11) is 0. The van der Waals surface area contributed by atoms with Crippen molar-refractivity contribution >= 4 is 21.9 Å². The van der Waals surface area contributed by atoms with E-state index in [1.807, 2.05) is 0 Å². The van der Waals surface area contributed by atoms with Gasteiger partial charge in [-0.25, -0.2) is 13.8 Å². The van der Waals surface area contributed by atoms with Crippen molar-refractivity contribution in [1.82, 2.24) is 4.98 Å². The highest BCUT2D eigenvalue weighted by Crippen LogP contribution is 2.30. The standard InChI is InChI=1S/C11H9BrF2N2O2/c1-2-18-9(17)4-8-10(12)7(11(13)14)3-6(5-15)16-8/h3,11H,2,4H2,1H3. The molecule has 1 heterocycles. The molecule has 0 aliphatic heterocycles. The Morgan fingerprint density at radius 3 is 2.83 bits per heavy atom. The summed E-state index contributed by atoms with van der Waals surface area (Å²) in [6.07, 6.45) is -3.01. The Morgan fingerprint density at radius 1 is 1.67 bits per heavy atom. The van der Waals surface area contributed by atoms with E-state index in [1.165, 1.54) is 0 Å². The summed E-state index contributed by atoms with van der Waals surface area (Å²) in [5, 5.41) is 8.71. The van der Waals surface area contributed by atoms with Gasteiger partial charge in [0.25, 0.3) is 6.43 Å². The van der Waals surface area contributed by atoms with E-state index in [1.54, 1.807) is 13.0 Å². The van der Waals surface area contributed by atoms with E-state index in [-0.39, 0.29) is 34.5 Å². The summed E-state index contributed by atoms with van der Waals surface area (Å²) in [6, 6.07) is 2.67. The lowest BCUT2D eigenvalue weighted by molar-refractivity contribution is -0.142. The van der Waals surface area contributed by atoms with E-state index >= 15 is 0 Å². The minimum absolute atomic E-state index is 0.0320. The number of esters is 1. The number of ether oxygens (including phenoxy) is 1. The van der Waals surface area contributed by atoms with Gasteiger partial charge in [-0.3, -0.25) is 4.79 Å². The molecule has 0 unspecified atom stereocenters. The average molecular weight is 319 g/mol. The first-order chi connectivity index (χ1) is 8.49. The van der Waals surface area contributed by atoms with Crippen LogP contribution in [0.15, 0.2) is 10.5 Å². The van der Waals surface area contributed by atoms with E-state index in [0.717, 1.165) is 6.07 Å². The van der Waals surface area contributed by atoms with Crippen molar-refractivity contribution in [2.45, 2.75) is 19.8 Å². The smallest absolute Gasteiger partial charge is 0.311 e. The van der Waals surface area contributed by atoms with Crippen LogP contribution in [0.5, 0.6) is 0 Å². The average Bonchev–Trinajstić information content (AvgIpc) is 2.31. The minimum Gasteiger partial charge on any atom is -0.466 e. The van der Waals surface area contributed by atoms with Gasteiger partial charge < -0.3 is 4.74 Å². The number of hydrogen-bond acceptors (Lipinski definition) is 4. The Bertz CT molecular complexity index is 501. The molecule has 18 heavy (non-hydrogen) atoms. The molecule has 0 N–H and O–H groups in total. The van der Waals surface area contributed by atoms with Gasteiger partial charge in [-0.1, -0.05) is 0 Å². The van der Waals surface area contributed by atoms with E-state index in [4.69, 9.17) is 10.00 Å². The zero-order valence-corrected chi connectivity index (χ0v) is 11.0. The number of alkyl halides is 2. The van der Waals surface area contributed by atoms with Gasteiger partial charge in [0.05, 0.1) is 18.7 Å². The van der Waals surface area contributed by atoms with E-state index in [0.29, 0.717) is 0 Å². The fourth-order valence-corrected chi connectivity index (χ4v) is 1.80. The first-order valence-corrected chi connectivity index (χ1v) is 5.82. The van der Waals surface area contributed by atoms with Crippen LogP contribution in [0, 0.1) is 11.3 Å². The number of aromatic nitrogens is 1. The van der Waals surface area contributed by atoms with Gasteiger partial charge >= 0.3 is 5.97 Å². The molecule has 1 aromatic heterocycles. The van der Waals surface area contributed by atoms with Gasteiger partial charge in [0.2, 0.25) is 0 Å². The summed E-state index contributed by atoms with van der Waals surface area (Å²) < 4.78 is 30.2. The number of pyridine rings is 1. The van der Waals surface area contributed by atoms with Crippen molar-refractivity contribution < 1.29 is 18.3 Å². The molecule has 0 saturated heterocycles. The molecule has 0 bridgehead atoms. The number of nitriles is 1. The number of hydrogen-bond donors (Lipinski definition) is 0. The molecular formula is C11H9BrF2N2O2. The molecule has 0 aromatic carbocycles. The monoisotopic (exact) mass is 318 g/mol. The number of carbonyl (C=O) groups excluding carboxylic acids is 1. The third kappa shape index (κ3) is 3.47. The van der Waals surface area contributed by atoms with Crippen molar-refractivity contribution in [3.05, 3.63) is 27.5 Å². The van der Waals surface area contributed by atoms with Gasteiger partial charge in [-0.05, 0) is 28.9 Å². The van der Waals surface area contributed by atoms with Crippen LogP contribution < -0.4 is 0 Å². The summed E-state index contributed by atoms with van der Waals surface area (Å²) in [5.74, 6) is -0.582. The van der Waals surface area contributed by atoms with Crippen LogP contribution in [0.4, 0.5) is 8.78 Å². The van der Waals surface area contributed by atoms with Crippen LogP contribution >= 0.6 is 15.9 Å². The van der Waals surface area contributed by atoms with E-state index in [2.05, 4.69) is 20.9 Å². The first-order valence-electron chi connectivity index (χ1n) is 5.02. The maximum Gasteiger partial charge on any atom is 0.311 e. The molecule has 0 atom stereocenters. The second kappa shape index (κ2) is 6.40. The van der Waals surface area contributed by atoms with Crippen LogP contribution in [0.1, 0.15) is 30.3 Å². The molecular weight excluding hydrogens is 310 g/mol. The molecule has 0 spiro atoms. The lowest BCUT2D eigenvalue weighted by Gasteiger charge is -2.09. The van der Waals surface area contributed by atoms with E-state index < -0.39 is 12.4 Å². The largest absolute Gasteiger partial charge is 0.466 e. The van der Waals surface area contributed by atoms with Crippen LogP contribution in [0.2, 0.25) is 0 Å². The number of rotatable bonds is 4. The highest BCUT2D eigenvalue weighted by atomic mass is 79.9. The zero-order chi connectivity index (χ0) is 13.7. The number of halogens is 3. The van der Waals surface area contributed by atoms with Crippen LogP contribution in [-0.2, 0) is 16.0 Å². The highest BCUT2D eigenvalue weighted by molar-refractivity contribution is 9.10. The van der Waals surface area contributed by atoms with Crippen molar-refractivity contribution in [3.63, 3.8) is 0 Å². The summed E-state index contributed by atoms with van der Waals surface area (Å²) in [5.41, 5.74) is -0.448. The zero-order valence-electron chi connectivity index (χ0n) is 9.41. The van der Waals surface area contributed by atoms with Gasteiger partial charge in [-0.2, -0.15) is 5.26 Å². The van der Waals surface area contributed by atoms with Crippen LogP contribution in [-0.4, -0.2) is 17.6 Å². The summed E-state index contributed by atoms with van der Waals surface area (Å²) >= 11 is 2.97. The van der Waals surface area contributed by atoms with Crippen molar-refractivity contribution in [3.8, 4) is 6.07 Å². The van der Waals surface area contributed by atoms with Gasteiger partial charge in [0.1, 0.15) is 11.8 Å². The molecule has 0 saturated carbocycles. The van der Waals surface area contributed by atoms with Crippen molar-refractivity contribution in [2.75, 3.05) is 6.61 Å². The summed E-state index contributed by atoms with van der Waals surface area (Å²) in [6.45, 7) is 1.83. The first kappa shape index (κ1) is 14.5. The second-order valence-electron chi connectivity index (χ2n) is 3.25. The third-order valence-electron chi connectivity index (χ3n) is 2.02. The summed E-state index contributed by atoms with van der Waals surface area (Å²) in [4.78, 5) is 15.1. The molecule has 0 amide bonds. The number of carbonyl (C=O) groups is 1. The highest BCUT2D eigenvalue weighted by Gasteiger charge is 2.19. The van der Waals surface area contributed by atoms with Crippen LogP contribution in [0.3, 0.4) is 0 Å². The lowest BCUT2D eigenvalue weighted by Crippen LogP contribution is -2.11. The fourth-order valence-electron chi connectivity index (χ4n) is 1.29. The molecule has 0 aliphatic carbocycles. The van der Waals surface area contributed by atoms with Gasteiger partial charge in [0, 0.05) is 10.0 Å². The SMILES string of the molecule is CCOC(=O)Cc1nc(C#N)cc(C(F)F)c1Br. The van der Waals surface area contributed by atoms with Crippen molar-refractivity contribution in [1.29, 1.82) is 5.26 Å². The normalized spacial score (nSPS) is 10.2. The Morgan fingerprint density at radius 2 is 2.33 bits per heavy atom. The molecule has 96 valence electrons. The molecule has 1 rings (SSSR count). The van der Waals surface area contributed by atoms with Crippen molar-refractivity contribution in [2.24, 2.45) is 0 Å². The predicted molar refractivity (Wildman–Crippen MR) is 61.9 cm³/mol. The number of nitrogens with zero attached hydrogens (tertiary/aromatic N) is 2. The Labute approximate surface area is 111 Å². The maximum atomic E-state index is 12.7. The third-order valence-corrected chi connectivity index (χ3v) is 2.94. The Kier molecular flexibility index (Phi) is 5.16. The van der Waals surface area contributed by atoms with Gasteiger partial charge in [-0.15, -0.1) is 0 Å². The maximum absolute atomic E-state index is 12.7. The molecule has 0 fully saturated rings. The molecule has 4 nitrogen and oxygen atoms in total. The molecule has 0 radical (unpaired) electrons. The molecule has 1 aromatic rings. The minimum atomic E-state index is -2.75. The van der Waals surface area contributed by atoms with E-state index in [9.17, 15) is 13.6 Å². The Hall–Kier alpha value is -1.55. The molecule has 0 aliphatic rings. The fraction of sp³-hybridized carbons (Fsp3) is 0.364. The van der Waals surface area contributed by atoms with Crippen LogP contribution in [0.25, 0.3) is 0 Å². The predicted octanol–water partition coefficient (Wildman–Crippen LogP) is 2.76. The topological polar surface area (TPSA) is 63.0 Å². The second-order valence-corrected chi connectivity index (χ2v) is 4.04. The quantitative estimate of drug-likeness (QED) is 0.801. The molecule has 7 heteroatoms. The lowest BCUT2D eigenvalue weighted by atomic mass is 10.1. The Balaban J connectivity index is 3.14. The van der Waals surface area contributed by atoms with Gasteiger partial charge in [0.15, 0.2) is 0 Å².